The predicted octanol–water partition coefficient (Wildman–Crippen LogP) is 4.27. The average molecular weight is 409 g/mol. The number of sulfonamides is 1. The minimum Gasteiger partial charge on any atom is -0.296 e. The molecule has 0 N–H and O–H groups in total. The van der Waals surface area contributed by atoms with Gasteiger partial charge in [-0.1, -0.05) is 60.2 Å². The number of nitrogens with zero attached hydrogens (tertiary/aromatic N) is 2. The van der Waals surface area contributed by atoms with Crippen LogP contribution in [0, 0.1) is 20.8 Å². The van der Waals surface area contributed by atoms with Gasteiger partial charge in [-0.05, 0) is 48.2 Å². The Kier molecular flexibility index (Phi) is 5.47. The summed E-state index contributed by atoms with van der Waals surface area (Å²) in [5, 5.41) is 2.52. The molecule has 1 fully saturated rings. The molecule has 0 unspecified atom stereocenters. The summed E-state index contributed by atoms with van der Waals surface area (Å²) in [5.74, 6) is 0. The Hall–Kier alpha value is -2.21. The Morgan fingerprint density at radius 1 is 0.828 bits per heavy atom. The quantitative estimate of drug-likeness (QED) is 0.647. The third kappa shape index (κ3) is 3.95. The zero-order valence-corrected chi connectivity index (χ0v) is 18.2. The molecule has 0 amide bonds. The number of rotatable bonds is 4. The number of piperazine rings is 1. The lowest BCUT2D eigenvalue weighted by Gasteiger charge is -2.34. The van der Waals surface area contributed by atoms with E-state index in [0.717, 1.165) is 36.3 Å². The molecule has 1 aliphatic heterocycles. The van der Waals surface area contributed by atoms with Gasteiger partial charge in [0.25, 0.3) is 0 Å². The number of hydrogen-bond acceptors (Lipinski definition) is 3. The highest BCUT2D eigenvalue weighted by Gasteiger charge is 2.31. The SMILES string of the molecule is Cc1cc(C)c(S(=O)(=O)N2CCN(Cc3cccc4ccccc34)CC2)c(C)c1. The average Bonchev–Trinajstić information content (AvgIpc) is 2.68. The Labute approximate surface area is 173 Å². The first kappa shape index (κ1) is 20.1. The zero-order chi connectivity index (χ0) is 20.6. The molecular formula is C24H28N2O2S. The molecule has 1 aliphatic rings. The largest absolute Gasteiger partial charge is 0.296 e. The van der Waals surface area contributed by atoms with E-state index >= 15 is 0 Å². The standard InChI is InChI=1S/C24H28N2O2S/c1-18-15-19(2)24(20(3)16-18)29(27,28)26-13-11-25(12-14-26)17-22-9-6-8-21-7-4-5-10-23(21)22/h4-10,15-16H,11-14,17H2,1-3H3. The van der Waals surface area contributed by atoms with Crippen molar-refractivity contribution in [3.05, 3.63) is 76.9 Å². The second-order valence-corrected chi connectivity index (χ2v) is 9.92. The summed E-state index contributed by atoms with van der Waals surface area (Å²) in [6.45, 7) is 9.17. The van der Waals surface area contributed by atoms with Gasteiger partial charge in [-0.3, -0.25) is 4.90 Å². The third-order valence-electron chi connectivity index (χ3n) is 5.81. The van der Waals surface area contributed by atoms with Crippen molar-refractivity contribution < 1.29 is 8.42 Å². The summed E-state index contributed by atoms with van der Waals surface area (Å²) in [5.41, 5.74) is 4.06. The van der Waals surface area contributed by atoms with Crippen LogP contribution in [0.2, 0.25) is 0 Å². The van der Waals surface area contributed by atoms with Crippen molar-refractivity contribution in [2.75, 3.05) is 26.2 Å². The highest BCUT2D eigenvalue weighted by molar-refractivity contribution is 7.89. The van der Waals surface area contributed by atoms with Gasteiger partial charge in [-0.15, -0.1) is 0 Å². The van der Waals surface area contributed by atoms with Gasteiger partial charge in [0.2, 0.25) is 10.0 Å². The third-order valence-corrected chi connectivity index (χ3v) is 8.01. The molecule has 0 aromatic heterocycles. The molecule has 1 heterocycles. The molecule has 0 saturated carbocycles. The summed E-state index contributed by atoms with van der Waals surface area (Å²) in [6, 6.07) is 18.7. The van der Waals surface area contributed by atoms with Crippen molar-refractivity contribution in [1.82, 2.24) is 9.21 Å². The van der Waals surface area contributed by atoms with Gasteiger partial charge in [0, 0.05) is 32.7 Å². The van der Waals surface area contributed by atoms with Crippen molar-refractivity contribution in [2.24, 2.45) is 0 Å². The molecular weight excluding hydrogens is 380 g/mol. The van der Waals surface area contributed by atoms with Crippen LogP contribution in [-0.2, 0) is 16.6 Å². The number of benzene rings is 3. The molecule has 3 aromatic rings. The van der Waals surface area contributed by atoms with Crippen LogP contribution in [0.15, 0.2) is 59.5 Å². The molecule has 3 aromatic carbocycles. The zero-order valence-electron chi connectivity index (χ0n) is 17.4. The van der Waals surface area contributed by atoms with Gasteiger partial charge >= 0.3 is 0 Å². The van der Waals surface area contributed by atoms with Gasteiger partial charge in [-0.25, -0.2) is 8.42 Å². The topological polar surface area (TPSA) is 40.6 Å². The van der Waals surface area contributed by atoms with Gasteiger partial charge in [0.05, 0.1) is 4.90 Å². The molecule has 0 radical (unpaired) electrons. The predicted molar refractivity (Wildman–Crippen MR) is 119 cm³/mol. The first-order chi connectivity index (χ1) is 13.9. The second-order valence-electron chi connectivity index (χ2n) is 8.05. The van der Waals surface area contributed by atoms with Gasteiger partial charge in [0.1, 0.15) is 0 Å². The Bertz CT molecular complexity index is 1120. The number of fused-ring (bicyclic) bond motifs is 1. The molecule has 0 atom stereocenters. The van der Waals surface area contributed by atoms with Crippen LogP contribution in [0.5, 0.6) is 0 Å². The van der Waals surface area contributed by atoms with E-state index in [1.807, 2.05) is 32.9 Å². The lowest BCUT2D eigenvalue weighted by Crippen LogP contribution is -2.48. The van der Waals surface area contributed by atoms with Crippen LogP contribution in [-0.4, -0.2) is 43.8 Å². The van der Waals surface area contributed by atoms with E-state index in [-0.39, 0.29) is 0 Å². The summed E-state index contributed by atoms with van der Waals surface area (Å²) >= 11 is 0. The Morgan fingerprint density at radius 3 is 2.14 bits per heavy atom. The van der Waals surface area contributed by atoms with Crippen molar-refractivity contribution in [1.29, 1.82) is 0 Å². The van der Waals surface area contributed by atoms with Crippen LogP contribution in [0.4, 0.5) is 0 Å². The molecule has 0 bridgehead atoms. The van der Waals surface area contributed by atoms with E-state index in [4.69, 9.17) is 0 Å². The van der Waals surface area contributed by atoms with E-state index < -0.39 is 10.0 Å². The minimum atomic E-state index is -3.46. The fourth-order valence-electron chi connectivity index (χ4n) is 4.50. The molecule has 29 heavy (non-hydrogen) atoms. The van der Waals surface area contributed by atoms with E-state index in [1.165, 1.54) is 16.3 Å². The van der Waals surface area contributed by atoms with Crippen molar-refractivity contribution in [3.8, 4) is 0 Å². The summed E-state index contributed by atoms with van der Waals surface area (Å²) in [6.07, 6.45) is 0. The Balaban J connectivity index is 1.49. The van der Waals surface area contributed by atoms with Crippen LogP contribution in [0.25, 0.3) is 10.8 Å². The monoisotopic (exact) mass is 408 g/mol. The Morgan fingerprint density at radius 2 is 1.45 bits per heavy atom. The fraction of sp³-hybridized carbons (Fsp3) is 0.333. The highest BCUT2D eigenvalue weighted by Crippen LogP contribution is 2.27. The maximum atomic E-state index is 13.3. The second kappa shape index (κ2) is 7.90. The molecule has 5 heteroatoms. The molecule has 0 spiro atoms. The number of hydrogen-bond donors (Lipinski definition) is 0. The first-order valence-electron chi connectivity index (χ1n) is 10.1. The van der Waals surface area contributed by atoms with E-state index in [9.17, 15) is 8.42 Å². The molecule has 0 aliphatic carbocycles. The maximum Gasteiger partial charge on any atom is 0.243 e. The van der Waals surface area contributed by atoms with Crippen molar-refractivity contribution in [3.63, 3.8) is 0 Å². The maximum absolute atomic E-state index is 13.3. The van der Waals surface area contributed by atoms with Gasteiger partial charge < -0.3 is 0 Å². The van der Waals surface area contributed by atoms with Crippen molar-refractivity contribution in [2.45, 2.75) is 32.2 Å². The molecule has 1 saturated heterocycles. The number of aryl methyl sites for hydroxylation is 3. The van der Waals surface area contributed by atoms with Crippen LogP contribution >= 0.6 is 0 Å². The molecule has 4 rings (SSSR count). The smallest absolute Gasteiger partial charge is 0.243 e. The highest BCUT2D eigenvalue weighted by atomic mass is 32.2. The summed E-state index contributed by atoms with van der Waals surface area (Å²) < 4.78 is 28.2. The van der Waals surface area contributed by atoms with E-state index in [2.05, 4.69) is 47.4 Å². The lowest BCUT2D eigenvalue weighted by molar-refractivity contribution is 0.182. The van der Waals surface area contributed by atoms with E-state index in [1.54, 1.807) is 4.31 Å². The van der Waals surface area contributed by atoms with Crippen LogP contribution in [0.3, 0.4) is 0 Å². The van der Waals surface area contributed by atoms with Gasteiger partial charge in [-0.2, -0.15) is 4.31 Å². The summed E-state index contributed by atoms with van der Waals surface area (Å²) in [7, 11) is -3.46. The van der Waals surface area contributed by atoms with Crippen molar-refractivity contribution >= 4 is 20.8 Å². The first-order valence-corrected chi connectivity index (χ1v) is 11.6. The molecule has 152 valence electrons. The summed E-state index contributed by atoms with van der Waals surface area (Å²) in [4.78, 5) is 2.83. The lowest BCUT2D eigenvalue weighted by atomic mass is 10.0. The van der Waals surface area contributed by atoms with Crippen LogP contribution in [0.1, 0.15) is 22.3 Å². The van der Waals surface area contributed by atoms with E-state index in [0.29, 0.717) is 18.0 Å². The molecule has 4 nitrogen and oxygen atoms in total. The minimum absolute atomic E-state index is 0.477. The normalized spacial score (nSPS) is 16.4. The van der Waals surface area contributed by atoms with Gasteiger partial charge in [0.15, 0.2) is 0 Å². The van der Waals surface area contributed by atoms with Crippen LogP contribution < -0.4 is 0 Å². The fourth-order valence-corrected chi connectivity index (χ4v) is 6.34.